The van der Waals surface area contributed by atoms with Gasteiger partial charge in [-0.3, -0.25) is 14.5 Å². The Balaban J connectivity index is 1.51. The highest BCUT2D eigenvalue weighted by Gasteiger charge is 2.25. The number of nitrogens with one attached hydrogen (secondary N) is 1. The molecule has 1 aliphatic heterocycles. The Labute approximate surface area is 159 Å². The van der Waals surface area contributed by atoms with Crippen LogP contribution in [0.15, 0.2) is 54.6 Å². The van der Waals surface area contributed by atoms with Crippen LogP contribution in [-0.2, 0) is 4.79 Å². The summed E-state index contributed by atoms with van der Waals surface area (Å²) in [6, 6.07) is 16.8. The van der Waals surface area contributed by atoms with Crippen LogP contribution >= 0.6 is 0 Å². The fraction of sp³-hybridized carbons (Fsp3) is 0.333. The zero-order chi connectivity index (χ0) is 19.1. The third kappa shape index (κ3) is 5.08. The topological polar surface area (TPSA) is 61.9 Å². The number of benzene rings is 2. The molecule has 0 spiro atoms. The number of carbonyl (C=O) groups excluding carboxylic acids is 2. The summed E-state index contributed by atoms with van der Waals surface area (Å²) in [5.41, 5.74) is 1.39. The van der Waals surface area contributed by atoms with Crippen molar-refractivity contribution in [1.29, 1.82) is 0 Å². The monoisotopic (exact) mass is 367 g/mol. The number of ether oxygens (including phenoxy) is 1. The summed E-state index contributed by atoms with van der Waals surface area (Å²) in [4.78, 5) is 28.9. The second-order valence-corrected chi connectivity index (χ2v) is 6.41. The first-order valence-corrected chi connectivity index (χ1v) is 9.25. The van der Waals surface area contributed by atoms with E-state index in [1.165, 1.54) is 0 Å². The van der Waals surface area contributed by atoms with Gasteiger partial charge in [-0.1, -0.05) is 30.3 Å². The van der Waals surface area contributed by atoms with Crippen molar-refractivity contribution in [3.8, 4) is 5.75 Å². The van der Waals surface area contributed by atoms with E-state index < -0.39 is 0 Å². The molecule has 1 heterocycles. The van der Waals surface area contributed by atoms with Crippen molar-refractivity contribution in [1.82, 2.24) is 9.80 Å². The maximum absolute atomic E-state index is 12.8. The minimum absolute atomic E-state index is 0.0209. The largest absolute Gasteiger partial charge is 0.493 e. The van der Waals surface area contributed by atoms with Crippen molar-refractivity contribution in [2.75, 3.05) is 44.6 Å². The molecule has 1 aliphatic rings. The number of carbonyl (C=O) groups is 2. The van der Waals surface area contributed by atoms with Gasteiger partial charge < -0.3 is 15.0 Å². The summed E-state index contributed by atoms with van der Waals surface area (Å²) in [5, 5.41) is 2.89. The molecule has 0 atom stereocenters. The van der Waals surface area contributed by atoms with Crippen molar-refractivity contribution in [2.24, 2.45) is 0 Å². The van der Waals surface area contributed by atoms with Gasteiger partial charge in [-0.2, -0.15) is 0 Å². The Morgan fingerprint density at radius 2 is 1.63 bits per heavy atom. The van der Waals surface area contributed by atoms with Gasteiger partial charge in [0.25, 0.3) is 5.91 Å². The lowest BCUT2D eigenvalue weighted by molar-refractivity contribution is -0.117. The van der Waals surface area contributed by atoms with E-state index in [4.69, 9.17) is 4.74 Å². The van der Waals surface area contributed by atoms with E-state index in [9.17, 15) is 9.59 Å². The summed E-state index contributed by atoms with van der Waals surface area (Å²) < 4.78 is 5.57. The Morgan fingerprint density at radius 3 is 2.33 bits per heavy atom. The molecule has 142 valence electrons. The molecule has 0 radical (unpaired) electrons. The van der Waals surface area contributed by atoms with Gasteiger partial charge in [-0.15, -0.1) is 0 Å². The number of hydrogen-bond donors (Lipinski definition) is 1. The van der Waals surface area contributed by atoms with Crippen molar-refractivity contribution in [2.45, 2.75) is 6.92 Å². The van der Waals surface area contributed by atoms with Crippen LogP contribution in [0.3, 0.4) is 0 Å². The van der Waals surface area contributed by atoms with Crippen LogP contribution < -0.4 is 10.1 Å². The van der Waals surface area contributed by atoms with E-state index in [0.29, 0.717) is 50.6 Å². The van der Waals surface area contributed by atoms with E-state index >= 15 is 0 Å². The molecule has 3 rings (SSSR count). The number of amides is 2. The predicted molar refractivity (Wildman–Crippen MR) is 105 cm³/mol. The summed E-state index contributed by atoms with van der Waals surface area (Å²) in [6.07, 6.45) is 0. The SMILES string of the molecule is CCOc1ccccc1C(=O)N1CCN(CC(=O)Nc2ccccc2)CC1. The van der Waals surface area contributed by atoms with Crippen LogP contribution in [0.2, 0.25) is 0 Å². The van der Waals surface area contributed by atoms with Gasteiger partial charge in [0.05, 0.1) is 18.7 Å². The molecule has 2 amide bonds. The molecular weight excluding hydrogens is 342 g/mol. The number of nitrogens with zero attached hydrogens (tertiary/aromatic N) is 2. The number of para-hydroxylation sites is 2. The molecule has 27 heavy (non-hydrogen) atoms. The third-order valence-electron chi connectivity index (χ3n) is 4.50. The average molecular weight is 367 g/mol. The van der Waals surface area contributed by atoms with E-state index in [0.717, 1.165) is 5.69 Å². The van der Waals surface area contributed by atoms with Crippen LogP contribution in [-0.4, -0.2) is 60.9 Å². The van der Waals surface area contributed by atoms with Gasteiger partial charge in [-0.05, 0) is 31.2 Å². The molecule has 1 saturated heterocycles. The minimum atomic E-state index is -0.0392. The highest BCUT2D eigenvalue weighted by Crippen LogP contribution is 2.20. The van der Waals surface area contributed by atoms with Crippen LogP contribution in [0.5, 0.6) is 5.75 Å². The zero-order valence-corrected chi connectivity index (χ0v) is 15.6. The van der Waals surface area contributed by atoms with E-state index in [-0.39, 0.29) is 11.8 Å². The highest BCUT2D eigenvalue weighted by atomic mass is 16.5. The normalized spacial score (nSPS) is 14.6. The quantitative estimate of drug-likeness (QED) is 0.852. The molecule has 2 aromatic carbocycles. The van der Waals surface area contributed by atoms with Gasteiger partial charge in [0.15, 0.2) is 0 Å². The highest BCUT2D eigenvalue weighted by molar-refractivity contribution is 5.97. The Bertz CT molecular complexity index is 771. The smallest absolute Gasteiger partial charge is 0.257 e. The summed E-state index contributed by atoms with van der Waals surface area (Å²) in [5.74, 6) is 0.560. The molecule has 0 bridgehead atoms. The molecule has 2 aromatic rings. The maximum Gasteiger partial charge on any atom is 0.257 e. The Morgan fingerprint density at radius 1 is 0.963 bits per heavy atom. The van der Waals surface area contributed by atoms with E-state index in [2.05, 4.69) is 10.2 Å². The molecule has 0 saturated carbocycles. The molecule has 1 fully saturated rings. The lowest BCUT2D eigenvalue weighted by Gasteiger charge is -2.34. The summed E-state index contributed by atoms with van der Waals surface area (Å²) in [6.45, 7) is 5.28. The minimum Gasteiger partial charge on any atom is -0.493 e. The number of piperazine rings is 1. The molecule has 6 nitrogen and oxygen atoms in total. The van der Waals surface area contributed by atoms with Crippen LogP contribution in [0.25, 0.3) is 0 Å². The number of rotatable bonds is 6. The van der Waals surface area contributed by atoms with E-state index in [1.54, 1.807) is 6.07 Å². The van der Waals surface area contributed by atoms with Gasteiger partial charge in [-0.25, -0.2) is 0 Å². The lowest BCUT2D eigenvalue weighted by Crippen LogP contribution is -2.50. The van der Waals surface area contributed by atoms with Crippen molar-refractivity contribution in [3.05, 3.63) is 60.2 Å². The molecular formula is C21H25N3O3. The first kappa shape index (κ1) is 18.9. The number of anilines is 1. The lowest BCUT2D eigenvalue weighted by atomic mass is 10.1. The van der Waals surface area contributed by atoms with Crippen molar-refractivity contribution in [3.63, 3.8) is 0 Å². The molecule has 0 aromatic heterocycles. The van der Waals surface area contributed by atoms with E-state index in [1.807, 2.05) is 60.4 Å². The average Bonchev–Trinajstić information content (AvgIpc) is 2.69. The Hall–Kier alpha value is -2.86. The van der Waals surface area contributed by atoms with Crippen LogP contribution in [0.1, 0.15) is 17.3 Å². The maximum atomic E-state index is 12.8. The first-order valence-electron chi connectivity index (χ1n) is 9.25. The third-order valence-corrected chi connectivity index (χ3v) is 4.50. The van der Waals surface area contributed by atoms with Gasteiger partial charge in [0.2, 0.25) is 5.91 Å². The molecule has 0 aliphatic carbocycles. The van der Waals surface area contributed by atoms with Gasteiger partial charge in [0.1, 0.15) is 5.75 Å². The van der Waals surface area contributed by atoms with Gasteiger partial charge >= 0.3 is 0 Å². The number of hydrogen-bond acceptors (Lipinski definition) is 4. The van der Waals surface area contributed by atoms with Crippen molar-refractivity contribution < 1.29 is 14.3 Å². The molecule has 0 unspecified atom stereocenters. The Kier molecular flexibility index (Phi) is 6.44. The molecule has 6 heteroatoms. The van der Waals surface area contributed by atoms with Gasteiger partial charge in [0, 0.05) is 31.9 Å². The fourth-order valence-electron chi connectivity index (χ4n) is 3.13. The van der Waals surface area contributed by atoms with Crippen LogP contribution in [0, 0.1) is 0 Å². The summed E-state index contributed by atoms with van der Waals surface area (Å²) in [7, 11) is 0. The second-order valence-electron chi connectivity index (χ2n) is 6.41. The first-order chi connectivity index (χ1) is 13.2. The zero-order valence-electron chi connectivity index (χ0n) is 15.6. The van der Waals surface area contributed by atoms with Crippen LogP contribution in [0.4, 0.5) is 5.69 Å². The standard InChI is InChI=1S/C21H25N3O3/c1-2-27-19-11-7-6-10-18(19)21(26)24-14-12-23(13-15-24)16-20(25)22-17-8-4-3-5-9-17/h3-11H,2,12-16H2,1H3,(H,22,25). The predicted octanol–water partition coefficient (Wildman–Crippen LogP) is 2.48. The fourth-order valence-corrected chi connectivity index (χ4v) is 3.13. The second kappa shape index (κ2) is 9.19. The molecule has 1 N–H and O–H groups in total. The van der Waals surface area contributed by atoms with Crippen molar-refractivity contribution >= 4 is 17.5 Å². The summed E-state index contributed by atoms with van der Waals surface area (Å²) >= 11 is 0.